The largest absolute Gasteiger partial charge is 0.341 e. The van der Waals surface area contributed by atoms with E-state index in [4.69, 9.17) is 5.73 Å². The predicted octanol–water partition coefficient (Wildman–Crippen LogP) is 2.73. The second-order valence-corrected chi connectivity index (χ2v) is 5.91. The number of fused-ring (bicyclic) bond motifs is 1. The van der Waals surface area contributed by atoms with Crippen molar-refractivity contribution >= 4 is 11.0 Å². The van der Waals surface area contributed by atoms with Crippen molar-refractivity contribution < 1.29 is 0 Å². The normalized spacial score (nSPS) is 24.9. The molecule has 108 valence electrons. The molecular formula is C16H24N4. The van der Waals surface area contributed by atoms with Crippen LogP contribution in [-0.2, 0) is 0 Å². The Labute approximate surface area is 120 Å². The van der Waals surface area contributed by atoms with Gasteiger partial charge in [-0.3, -0.25) is 0 Å². The predicted molar refractivity (Wildman–Crippen MR) is 82.4 cm³/mol. The molecule has 4 heteroatoms. The lowest BCUT2D eigenvalue weighted by Gasteiger charge is -2.33. The summed E-state index contributed by atoms with van der Waals surface area (Å²) in [6.45, 7) is 2.96. The van der Waals surface area contributed by atoms with Gasteiger partial charge in [0.25, 0.3) is 0 Å². The van der Waals surface area contributed by atoms with Crippen molar-refractivity contribution in [2.45, 2.75) is 44.7 Å². The maximum atomic E-state index is 5.91. The van der Waals surface area contributed by atoms with Crippen LogP contribution in [0.3, 0.4) is 0 Å². The first kappa shape index (κ1) is 13.6. The SMILES string of the molecule is CC(NC1CCCCC1CN)c1nc2ccccc2[nH]1. The van der Waals surface area contributed by atoms with Crippen molar-refractivity contribution in [2.24, 2.45) is 11.7 Å². The molecule has 3 atom stereocenters. The number of benzene rings is 1. The number of aromatic amines is 1. The summed E-state index contributed by atoms with van der Waals surface area (Å²) in [7, 11) is 0. The number of nitrogens with two attached hydrogens (primary N) is 1. The van der Waals surface area contributed by atoms with E-state index in [1.165, 1.54) is 25.7 Å². The van der Waals surface area contributed by atoms with Gasteiger partial charge in [0.1, 0.15) is 5.82 Å². The zero-order valence-electron chi connectivity index (χ0n) is 12.1. The highest BCUT2D eigenvalue weighted by atomic mass is 15.0. The van der Waals surface area contributed by atoms with Crippen LogP contribution < -0.4 is 11.1 Å². The molecule has 2 aromatic rings. The second kappa shape index (κ2) is 5.94. The molecule has 1 aliphatic rings. The van der Waals surface area contributed by atoms with Crippen LogP contribution >= 0.6 is 0 Å². The summed E-state index contributed by atoms with van der Waals surface area (Å²) < 4.78 is 0. The zero-order chi connectivity index (χ0) is 13.9. The number of H-pyrrole nitrogens is 1. The summed E-state index contributed by atoms with van der Waals surface area (Å²) >= 11 is 0. The highest BCUT2D eigenvalue weighted by molar-refractivity contribution is 5.74. The van der Waals surface area contributed by atoms with Crippen molar-refractivity contribution in [3.8, 4) is 0 Å². The molecule has 1 fully saturated rings. The number of para-hydroxylation sites is 2. The smallest absolute Gasteiger partial charge is 0.124 e. The van der Waals surface area contributed by atoms with E-state index in [9.17, 15) is 0 Å². The van der Waals surface area contributed by atoms with Gasteiger partial charge < -0.3 is 16.0 Å². The molecule has 3 unspecified atom stereocenters. The summed E-state index contributed by atoms with van der Waals surface area (Å²) in [5.74, 6) is 1.63. The van der Waals surface area contributed by atoms with Crippen LogP contribution in [0.1, 0.15) is 44.5 Å². The van der Waals surface area contributed by atoms with Crippen molar-refractivity contribution in [3.63, 3.8) is 0 Å². The zero-order valence-corrected chi connectivity index (χ0v) is 12.1. The minimum absolute atomic E-state index is 0.236. The van der Waals surface area contributed by atoms with E-state index in [0.717, 1.165) is 23.4 Å². The fourth-order valence-electron chi connectivity index (χ4n) is 3.29. The summed E-state index contributed by atoms with van der Waals surface area (Å²) in [6.07, 6.45) is 5.10. The first-order chi connectivity index (χ1) is 9.78. The fraction of sp³-hybridized carbons (Fsp3) is 0.562. The van der Waals surface area contributed by atoms with E-state index in [-0.39, 0.29) is 6.04 Å². The van der Waals surface area contributed by atoms with Crippen molar-refractivity contribution in [1.29, 1.82) is 0 Å². The van der Waals surface area contributed by atoms with Gasteiger partial charge in [0.15, 0.2) is 0 Å². The lowest BCUT2D eigenvalue weighted by atomic mass is 9.84. The van der Waals surface area contributed by atoms with Gasteiger partial charge in [0.2, 0.25) is 0 Å². The fourth-order valence-corrected chi connectivity index (χ4v) is 3.29. The van der Waals surface area contributed by atoms with Gasteiger partial charge in [-0.2, -0.15) is 0 Å². The Bertz CT molecular complexity index is 529. The number of aromatic nitrogens is 2. The van der Waals surface area contributed by atoms with E-state index in [0.29, 0.717) is 12.0 Å². The minimum Gasteiger partial charge on any atom is -0.341 e. The molecule has 0 radical (unpaired) electrons. The Morgan fingerprint density at radius 2 is 2.15 bits per heavy atom. The molecule has 20 heavy (non-hydrogen) atoms. The lowest BCUT2D eigenvalue weighted by molar-refractivity contribution is 0.250. The molecule has 1 aliphatic carbocycles. The molecule has 0 bridgehead atoms. The monoisotopic (exact) mass is 272 g/mol. The third-order valence-electron chi connectivity index (χ3n) is 4.49. The van der Waals surface area contributed by atoms with Crippen LogP contribution in [0, 0.1) is 5.92 Å². The quantitative estimate of drug-likeness (QED) is 0.801. The van der Waals surface area contributed by atoms with E-state index < -0.39 is 0 Å². The lowest BCUT2D eigenvalue weighted by Crippen LogP contribution is -2.43. The number of nitrogens with zero attached hydrogens (tertiary/aromatic N) is 1. The molecule has 0 aliphatic heterocycles. The second-order valence-electron chi connectivity index (χ2n) is 5.91. The number of imidazole rings is 1. The van der Waals surface area contributed by atoms with Gasteiger partial charge >= 0.3 is 0 Å². The maximum absolute atomic E-state index is 5.91. The average molecular weight is 272 g/mol. The first-order valence-corrected chi connectivity index (χ1v) is 7.68. The Balaban J connectivity index is 1.73. The molecule has 1 saturated carbocycles. The Morgan fingerprint density at radius 1 is 1.35 bits per heavy atom. The molecule has 0 amide bonds. The van der Waals surface area contributed by atoms with E-state index in [2.05, 4.69) is 28.3 Å². The van der Waals surface area contributed by atoms with Gasteiger partial charge in [0, 0.05) is 6.04 Å². The topological polar surface area (TPSA) is 66.7 Å². The van der Waals surface area contributed by atoms with E-state index >= 15 is 0 Å². The van der Waals surface area contributed by atoms with E-state index in [1.807, 2.05) is 18.2 Å². The van der Waals surface area contributed by atoms with Gasteiger partial charge in [-0.25, -0.2) is 4.98 Å². The molecule has 4 N–H and O–H groups in total. The average Bonchev–Trinajstić information content (AvgIpc) is 2.92. The Kier molecular flexibility index (Phi) is 4.03. The number of nitrogens with one attached hydrogen (secondary N) is 2. The Morgan fingerprint density at radius 3 is 2.95 bits per heavy atom. The number of hydrogen-bond acceptors (Lipinski definition) is 3. The molecule has 1 aromatic carbocycles. The summed E-state index contributed by atoms with van der Waals surface area (Å²) in [5.41, 5.74) is 8.05. The third kappa shape index (κ3) is 2.72. The molecule has 1 aromatic heterocycles. The molecular weight excluding hydrogens is 248 g/mol. The maximum Gasteiger partial charge on any atom is 0.124 e. The summed E-state index contributed by atoms with van der Waals surface area (Å²) in [4.78, 5) is 8.09. The first-order valence-electron chi connectivity index (χ1n) is 7.68. The summed E-state index contributed by atoms with van der Waals surface area (Å²) in [6, 6.07) is 8.94. The highest BCUT2D eigenvalue weighted by Gasteiger charge is 2.25. The number of hydrogen-bond donors (Lipinski definition) is 3. The molecule has 3 rings (SSSR count). The molecule has 0 saturated heterocycles. The van der Waals surface area contributed by atoms with Crippen LogP contribution in [0.2, 0.25) is 0 Å². The van der Waals surface area contributed by atoms with Crippen molar-refractivity contribution in [3.05, 3.63) is 30.1 Å². The minimum atomic E-state index is 0.236. The number of rotatable bonds is 4. The third-order valence-corrected chi connectivity index (χ3v) is 4.49. The molecule has 0 spiro atoms. The standard InChI is InChI=1S/C16H24N4/c1-11(18-13-7-3-2-6-12(13)10-17)16-19-14-8-4-5-9-15(14)20-16/h4-5,8-9,11-13,18H,2-3,6-7,10,17H2,1H3,(H,19,20). The van der Waals surface area contributed by atoms with Gasteiger partial charge in [-0.05, 0) is 44.4 Å². The molecule has 1 heterocycles. The Hall–Kier alpha value is -1.39. The van der Waals surface area contributed by atoms with Crippen LogP contribution in [0.25, 0.3) is 11.0 Å². The van der Waals surface area contributed by atoms with Crippen molar-refractivity contribution in [1.82, 2.24) is 15.3 Å². The highest BCUT2D eigenvalue weighted by Crippen LogP contribution is 2.26. The van der Waals surface area contributed by atoms with Gasteiger partial charge in [-0.15, -0.1) is 0 Å². The van der Waals surface area contributed by atoms with Crippen LogP contribution in [0.4, 0.5) is 0 Å². The van der Waals surface area contributed by atoms with Gasteiger partial charge in [-0.1, -0.05) is 25.0 Å². The summed E-state index contributed by atoms with van der Waals surface area (Å²) in [5, 5.41) is 3.72. The van der Waals surface area contributed by atoms with Gasteiger partial charge in [0.05, 0.1) is 17.1 Å². The van der Waals surface area contributed by atoms with E-state index in [1.54, 1.807) is 0 Å². The van der Waals surface area contributed by atoms with Crippen LogP contribution in [0.15, 0.2) is 24.3 Å². The molecule has 4 nitrogen and oxygen atoms in total. The van der Waals surface area contributed by atoms with Crippen molar-refractivity contribution in [2.75, 3.05) is 6.54 Å². The van der Waals surface area contributed by atoms with Crippen LogP contribution in [-0.4, -0.2) is 22.6 Å². The van der Waals surface area contributed by atoms with Crippen LogP contribution in [0.5, 0.6) is 0 Å².